The number of hydrogen-bond donors (Lipinski definition) is 0. The third-order valence-corrected chi connectivity index (χ3v) is 2.09. The van der Waals surface area contributed by atoms with Gasteiger partial charge in [0.2, 0.25) is 0 Å². The van der Waals surface area contributed by atoms with Crippen LogP contribution in [-0.4, -0.2) is 24.3 Å². The van der Waals surface area contributed by atoms with E-state index >= 15 is 0 Å². The lowest BCUT2D eigenvalue weighted by molar-refractivity contribution is 0.0597. The molecule has 13 heavy (non-hydrogen) atoms. The first-order valence-electron chi connectivity index (χ1n) is 3.37. The molecule has 1 heterocycles. The molecule has 0 atom stereocenters. The highest BCUT2D eigenvalue weighted by Gasteiger charge is 2.13. The normalized spacial score (nSPS) is 9.38. The van der Waals surface area contributed by atoms with Crippen LogP contribution >= 0.6 is 15.9 Å². The zero-order valence-corrected chi connectivity index (χ0v) is 8.37. The van der Waals surface area contributed by atoms with Crippen molar-refractivity contribution in [1.82, 2.24) is 4.98 Å². The van der Waals surface area contributed by atoms with Crippen LogP contribution in [0.5, 0.6) is 0 Å². The lowest BCUT2D eigenvalue weighted by Crippen LogP contribution is -2.06. The number of carbonyl (C=O) groups excluding carboxylic acids is 2. The molecule has 0 aliphatic heterocycles. The fraction of sp³-hybridized carbons (Fsp3) is 0.125. The minimum absolute atomic E-state index is 0.159. The molecule has 68 valence electrons. The summed E-state index contributed by atoms with van der Waals surface area (Å²) < 4.78 is 4.95. The molecule has 1 aromatic heterocycles. The van der Waals surface area contributed by atoms with E-state index in [2.05, 4.69) is 25.7 Å². The molecule has 0 aliphatic carbocycles. The third kappa shape index (κ3) is 1.92. The summed E-state index contributed by atoms with van der Waals surface area (Å²) in [6.07, 6.45) is 3.31. The van der Waals surface area contributed by atoms with Crippen molar-refractivity contribution in [2.24, 2.45) is 0 Å². The van der Waals surface area contributed by atoms with Crippen molar-refractivity contribution >= 4 is 28.2 Å². The summed E-state index contributed by atoms with van der Waals surface area (Å²) >= 11 is 3.10. The SMILES string of the molecule is COC(=O)c1cncc(Br)c1C=O. The maximum Gasteiger partial charge on any atom is 0.340 e. The van der Waals surface area contributed by atoms with Crippen LogP contribution in [0.2, 0.25) is 0 Å². The highest BCUT2D eigenvalue weighted by molar-refractivity contribution is 9.10. The van der Waals surface area contributed by atoms with Crippen molar-refractivity contribution < 1.29 is 14.3 Å². The van der Waals surface area contributed by atoms with E-state index in [1.165, 1.54) is 19.5 Å². The highest BCUT2D eigenvalue weighted by atomic mass is 79.9. The Morgan fingerprint density at radius 2 is 2.31 bits per heavy atom. The van der Waals surface area contributed by atoms with Crippen molar-refractivity contribution in [3.63, 3.8) is 0 Å². The Morgan fingerprint density at radius 3 is 2.85 bits per heavy atom. The Kier molecular flexibility index (Phi) is 3.13. The van der Waals surface area contributed by atoms with E-state index in [1.54, 1.807) is 0 Å². The van der Waals surface area contributed by atoms with Crippen molar-refractivity contribution in [1.29, 1.82) is 0 Å². The minimum Gasteiger partial charge on any atom is -0.465 e. The summed E-state index contributed by atoms with van der Waals surface area (Å²) in [5, 5.41) is 0. The average Bonchev–Trinajstić information content (AvgIpc) is 2.16. The van der Waals surface area contributed by atoms with Gasteiger partial charge in [-0.15, -0.1) is 0 Å². The van der Waals surface area contributed by atoms with Crippen LogP contribution in [0.1, 0.15) is 20.7 Å². The standard InChI is InChI=1S/C8H6BrNO3/c1-13-8(12)5-2-10-3-7(9)6(5)4-11/h2-4H,1H3. The second kappa shape index (κ2) is 4.13. The molecule has 0 saturated carbocycles. The number of nitrogens with zero attached hydrogens (tertiary/aromatic N) is 1. The number of aromatic nitrogens is 1. The lowest BCUT2D eigenvalue weighted by Gasteiger charge is -2.02. The van der Waals surface area contributed by atoms with Gasteiger partial charge in [0.1, 0.15) is 0 Å². The lowest BCUT2D eigenvalue weighted by atomic mass is 10.1. The molecule has 0 amide bonds. The number of pyridine rings is 1. The maximum absolute atomic E-state index is 11.1. The fourth-order valence-corrected chi connectivity index (χ4v) is 1.26. The zero-order valence-electron chi connectivity index (χ0n) is 6.78. The second-order valence-electron chi connectivity index (χ2n) is 2.19. The van der Waals surface area contributed by atoms with Gasteiger partial charge in [-0.05, 0) is 15.9 Å². The van der Waals surface area contributed by atoms with Gasteiger partial charge in [0.05, 0.1) is 12.7 Å². The Balaban J connectivity index is 3.28. The van der Waals surface area contributed by atoms with E-state index in [9.17, 15) is 9.59 Å². The van der Waals surface area contributed by atoms with Gasteiger partial charge in [0, 0.05) is 22.4 Å². The van der Waals surface area contributed by atoms with Crippen LogP contribution in [0, 0.1) is 0 Å². The minimum atomic E-state index is -0.573. The van der Waals surface area contributed by atoms with E-state index in [0.29, 0.717) is 10.8 Å². The van der Waals surface area contributed by atoms with Gasteiger partial charge in [-0.25, -0.2) is 4.79 Å². The number of carbonyl (C=O) groups is 2. The van der Waals surface area contributed by atoms with E-state index in [1.807, 2.05) is 0 Å². The number of halogens is 1. The molecule has 5 heteroatoms. The molecule has 4 nitrogen and oxygen atoms in total. The summed E-state index contributed by atoms with van der Waals surface area (Å²) in [5.74, 6) is -0.573. The van der Waals surface area contributed by atoms with Gasteiger partial charge in [-0.3, -0.25) is 9.78 Å². The van der Waals surface area contributed by atoms with E-state index in [0.717, 1.165) is 0 Å². The van der Waals surface area contributed by atoms with Gasteiger partial charge in [-0.2, -0.15) is 0 Å². The first-order valence-corrected chi connectivity index (χ1v) is 4.17. The molecular weight excluding hydrogens is 238 g/mol. The average molecular weight is 244 g/mol. The van der Waals surface area contributed by atoms with Crippen molar-refractivity contribution in [2.45, 2.75) is 0 Å². The monoisotopic (exact) mass is 243 g/mol. The van der Waals surface area contributed by atoms with E-state index in [-0.39, 0.29) is 11.1 Å². The van der Waals surface area contributed by atoms with Gasteiger partial charge in [0.25, 0.3) is 0 Å². The second-order valence-corrected chi connectivity index (χ2v) is 3.05. The van der Waals surface area contributed by atoms with Crippen LogP contribution in [0.25, 0.3) is 0 Å². The van der Waals surface area contributed by atoms with Gasteiger partial charge in [-0.1, -0.05) is 0 Å². The quantitative estimate of drug-likeness (QED) is 0.583. The number of hydrogen-bond acceptors (Lipinski definition) is 4. The smallest absolute Gasteiger partial charge is 0.340 e. The number of ether oxygens (including phenoxy) is 1. The molecule has 0 N–H and O–H groups in total. The highest BCUT2D eigenvalue weighted by Crippen LogP contribution is 2.17. The summed E-state index contributed by atoms with van der Waals surface area (Å²) in [6, 6.07) is 0. The molecule has 0 saturated heterocycles. The molecule has 0 bridgehead atoms. The van der Waals surface area contributed by atoms with Gasteiger partial charge < -0.3 is 4.74 Å². The van der Waals surface area contributed by atoms with Gasteiger partial charge >= 0.3 is 5.97 Å². The predicted molar refractivity (Wildman–Crippen MR) is 48.7 cm³/mol. The molecule has 0 radical (unpaired) electrons. The molecule has 1 aromatic rings. The fourth-order valence-electron chi connectivity index (χ4n) is 0.837. The van der Waals surface area contributed by atoms with E-state index in [4.69, 9.17) is 0 Å². The van der Waals surface area contributed by atoms with Crippen LogP contribution in [0.3, 0.4) is 0 Å². The first kappa shape index (κ1) is 9.85. The molecule has 0 aromatic carbocycles. The van der Waals surface area contributed by atoms with Crippen LogP contribution < -0.4 is 0 Å². The van der Waals surface area contributed by atoms with Crippen LogP contribution in [0.15, 0.2) is 16.9 Å². The Bertz CT molecular complexity index is 351. The molecule has 0 unspecified atom stereocenters. The molecular formula is C8H6BrNO3. The zero-order chi connectivity index (χ0) is 9.84. The number of esters is 1. The Morgan fingerprint density at radius 1 is 1.62 bits per heavy atom. The predicted octanol–water partition coefficient (Wildman–Crippen LogP) is 1.44. The summed E-state index contributed by atoms with van der Waals surface area (Å²) in [4.78, 5) is 25.5. The van der Waals surface area contributed by atoms with Crippen LogP contribution in [0.4, 0.5) is 0 Å². The number of rotatable bonds is 2. The topological polar surface area (TPSA) is 56.3 Å². The first-order chi connectivity index (χ1) is 6.20. The largest absolute Gasteiger partial charge is 0.465 e. The van der Waals surface area contributed by atoms with Gasteiger partial charge in [0.15, 0.2) is 6.29 Å². The third-order valence-electron chi connectivity index (χ3n) is 1.46. The number of methoxy groups -OCH3 is 1. The summed E-state index contributed by atoms with van der Waals surface area (Å²) in [7, 11) is 1.25. The summed E-state index contributed by atoms with van der Waals surface area (Å²) in [5.41, 5.74) is 0.411. The van der Waals surface area contributed by atoms with E-state index < -0.39 is 5.97 Å². The number of aldehydes is 1. The van der Waals surface area contributed by atoms with Crippen molar-refractivity contribution in [2.75, 3.05) is 7.11 Å². The molecule has 0 aliphatic rings. The Hall–Kier alpha value is -1.23. The van der Waals surface area contributed by atoms with Crippen LogP contribution in [-0.2, 0) is 4.74 Å². The molecule has 0 spiro atoms. The molecule has 1 rings (SSSR count). The van der Waals surface area contributed by atoms with Crippen molar-refractivity contribution in [3.8, 4) is 0 Å². The molecule has 0 fully saturated rings. The Labute approximate surface area is 83.1 Å². The summed E-state index contributed by atoms with van der Waals surface area (Å²) in [6.45, 7) is 0. The maximum atomic E-state index is 11.1. The van der Waals surface area contributed by atoms with Crippen molar-refractivity contribution in [3.05, 3.63) is 28.0 Å².